The van der Waals surface area contributed by atoms with Gasteiger partial charge in [-0.05, 0) is 19.4 Å². The lowest BCUT2D eigenvalue weighted by molar-refractivity contribution is -0.0626. The monoisotopic (exact) mass is 326 g/mol. The van der Waals surface area contributed by atoms with E-state index in [0.29, 0.717) is 5.56 Å². The van der Waals surface area contributed by atoms with E-state index in [2.05, 4.69) is 15.1 Å². The van der Waals surface area contributed by atoms with Gasteiger partial charge in [-0.25, -0.2) is 4.79 Å². The van der Waals surface area contributed by atoms with Gasteiger partial charge < -0.3 is 9.36 Å². The van der Waals surface area contributed by atoms with E-state index >= 15 is 0 Å². The normalized spacial score (nSPS) is 12.3. The van der Waals surface area contributed by atoms with Crippen molar-refractivity contribution in [2.24, 2.45) is 5.16 Å². The van der Waals surface area contributed by atoms with Crippen molar-refractivity contribution in [2.45, 2.75) is 26.4 Å². The summed E-state index contributed by atoms with van der Waals surface area (Å²) in [7, 11) is 0. The average Bonchev–Trinajstić information content (AvgIpc) is 2.82. The van der Waals surface area contributed by atoms with Gasteiger partial charge in [0.05, 0.1) is 5.69 Å². The molecule has 0 aliphatic rings. The van der Waals surface area contributed by atoms with Crippen LogP contribution in [0.2, 0.25) is 0 Å². The summed E-state index contributed by atoms with van der Waals surface area (Å²) in [5.41, 5.74) is -0.616. The number of hydrogen-bond acceptors (Lipinski definition) is 5. The summed E-state index contributed by atoms with van der Waals surface area (Å²) in [6.45, 7) is 2.93. The van der Waals surface area contributed by atoms with Crippen molar-refractivity contribution in [2.75, 3.05) is 0 Å². The third kappa shape index (κ3) is 4.18. The maximum Gasteiger partial charge on any atom is 0.433 e. The Kier molecular flexibility index (Phi) is 4.83. The highest BCUT2D eigenvalue weighted by Crippen LogP contribution is 2.21. The first-order chi connectivity index (χ1) is 10.8. The Balaban J connectivity index is 2.20. The van der Waals surface area contributed by atoms with Crippen molar-refractivity contribution >= 4 is 11.7 Å². The number of nitrogens with zero attached hydrogens (tertiary/aromatic N) is 2. The largest absolute Gasteiger partial charge is 0.433 e. The van der Waals surface area contributed by atoms with Gasteiger partial charge in [0, 0.05) is 6.42 Å². The van der Waals surface area contributed by atoms with Gasteiger partial charge in [0.2, 0.25) is 0 Å². The topological polar surface area (TPSA) is 64.7 Å². The fourth-order valence-corrected chi connectivity index (χ4v) is 1.89. The number of benzene rings is 1. The number of hydrogen-bond donors (Lipinski definition) is 0. The minimum atomic E-state index is -4.71. The Morgan fingerprint density at radius 1 is 1.26 bits per heavy atom. The standard InChI is InChI=1S/C15H13F3N2O3/c1-9-13(10(2)22-19-9)14(21)23-20-12(15(16,17)18)8-11-6-4-3-5-7-11/h3-7H,8H2,1-2H3/b20-12-. The third-order valence-electron chi connectivity index (χ3n) is 3.02. The second kappa shape index (κ2) is 6.64. The van der Waals surface area contributed by atoms with Crippen molar-refractivity contribution in [3.05, 3.63) is 52.9 Å². The van der Waals surface area contributed by atoms with Crippen LogP contribution in [0.5, 0.6) is 0 Å². The minimum Gasteiger partial charge on any atom is -0.361 e. The lowest BCUT2D eigenvalue weighted by Crippen LogP contribution is -2.26. The quantitative estimate of drug-likeness (QED) is 0.489. The predicted molar refractivity (Wildman–Crippen MR) is 75.0 cm³/mol. The van der Waals surface area contributed by atoms with E-state index in [1.54, 1.807) is 18.2 Å². The van der Waals surface area contributed by atoms with E-state index in [-0.39, 0.29) is 17.0 Å². The first-order valence-corrected chi connectivity index (χ1v) is 6.61. The Labute approximate surface area is 129 Å². The molecule has 0 amide bonds. The first kappa shape index (κ1) is 16.7. The van der Waals surface area contributed by atoms with Gasteiger partial charge in [-0.2, -0.15) is 13.2 Å². The van der Waals surface area contributed by atoms with Gasteiger partial charge in [0.15, 0.2) is 5.71 Å². The molecule has 0 aliphatic heterocycles. The molecule has 0 saturated carbocycles. The van der Waals surface area contributed by atoms with Crippen molar-refractivity contribution in [3.63, 3.8) is 0 Å². The summed E-state index contributed by atoms with van der Waals surface area (Å²) in [5.74, 6) is -0.893. The fraction of sp³-hybridized carbons (Fsp3) is 0.267. The van der Waals surface area contributed by atoms with Crippen LogP contribution < -0.4 is 0 Å². The number of alkyl halides is 3. The summed E-state index contributed by atoms with van der Waals surface area (Å²) >= 11 is 0. The first-order valence-electron chi connectivity index (χ1n) is 6.61. The van der Waals surface area contributed by atoms with Crippen molar-refractivity contribution < 1.29 is 27.3 Å². The van der Waals surface area contributed by atoms with Crippen LogP contribution in [0.15, 0.2) is 40.0 Å². The molecule has 1 aromatic carbocycles. The van der Waals surface area contributed by atoms with Crippen LogP contribution in [0.1, 0.15) is 27.4 Å². The van der Waals surface area contributed by atoms with Crippen LogP contribution in [0, 0.1) is 13.8 Å². The molecule has 8 heteroatoms. The van der Waals surface area contributed by atoms with E-state index in [4.69, 9.17) is 4.52 Å². The second-order valence-electron chi connectivity index (χ2n) is 4.78. The van der Waals surface area contributed by atoms with Crippen LogP contribution in [0.4, 0.5) is 13.2 Å². The smallest absolute Gasteiger partial charge is 0.361 e. The number of aryl methyl sites for hydroxylation is 2. The van der Waals surface area contributed by atoms with Gasteiger partial charge in [-0.1, -0.05) is 40.6 Å². The van der Waals surface area contributed by atoms with Gasteiger partial charge in [0.25, 0.3) is 0 Å². The summed E-state index contributed by atoms with van der Waals surface area (Å²) < 4.78 is 43.8. The van der Waals surface area contributed by atoms with E-state index in [1.807, 2.05) is 0 Å². The lowest BCUT2D eigenvalue weighted by Gasteiger charge is -2.09. The Hall–Kier alpha value is -2.64. The zero-order valence-electron chi connectivity index (χ0n) is 12.3. The fourth-order valence-electron chi connectivity index (χ4n) is 1.89. The molecule has 0 unspecified atom stereocenters. The molecule has 0 saturated heterocycles. The van der Waals surface area contributed by atoms with Crippen LogP contribution in [0.25, 0.3) is 0 Å². The number of oxime groups is 1. The maximum absolute atomic E-state index is 13.0. The van der Waals surface area contributed by atoms with Crippen LogP contribution in [0.3, 0.4) is 0 Å². The molecule has 2 rings (SSSR count). The molecule has 1 aromatic heterocycles. The summed E-state index contributed by atoms with van der Waals surface area (Å²) in [4.78, 5) is 16.3. The van der Waals surface area contributed by atoms with E-state index < -0.39 is 24.3 Å². The zero-order chi connectivity index (χ0) is 17.0. The lowest BCUT2D eigenvalue weighted by atomic mass is 10.1. The van der Waals surface area contributed by atoms with Gasteiger partial charge in [0.1, 0.15) is 11.3 Å². The highest BCUT2D eigenvalue weighted by Gasteiger charge is 2.37. The Morgan fingerprint density at radius 3 is 2.43 bits per heavy atom. The SMILES string of the molecule is Cc1noc(C)c1C(=O)O/N=C(/Cc1ccccc1)C(F)(F)F. The number of rotatable bonds is 4. The van der Waals surface area contributed by atoms with Crippen LogP contribution in [-0.4, -0.2) is 23.0 Å². The summed E-state index contributed by atoms with van der Waals surface area (Å²) in [6, 6.07) is 7.96. The van der Waals surface area contributed by atoms with Crippen molar-refractivity contribution in [1.82, 2.24) is 5.16 Å². The molecule has 0 aliphatic carbocycles. The van der Waals surface area contributed by atoms with E-state index in [9.17, 15) is 18.0 Å². The maximum atomic E-state index is 13.0. The highest BCUT2D eigenvalue weighted by atomic mass is 19.4. The average molecular weight is 326 g/mol. The summed E-state index contributed by atoms with van der Waals surface area (Å²) in [5, 5.41) is 6.54. The van der Waals surface area contributed by atoms with Gasteiger partial charge >= 0.3 is 12.1 Å². The molecule has 0 N–H and O–H groups in total. The van der Waals surface area contributed by atoms with Crippen LogP contribution in [-0.2, 0) is 11.3 Å². The molecule has 0 atom stereocenters. The molecule has 1 heterocycles. The minimum absolute atomic E-state index is 0.0324. The number of halogens is 3. The number of aromatic nitrogens is 1. The molecule has 0 bridgehead atoms. The number of carbonyl (C=O) groups is 1. The molecular formula is C15H13F3N2O3. The number of carbonyl (C=O) groups excluding carboxylic acids is 1. The molecule has 2 aromatic rings. The molecule has 23 heavy (non-hydrogen) atoms. The van der Waals surface area contributed by atoms with Crippen LogP contribution >= 0.6 is 0 Å². The molecule has 5 nitrogen and oxygen atoms in total. The van der Waals surface area contributed by atoms with Crippen molar-refractivity contribution in [3.8, 4) is 0 Å². The Morgan fingerprint density at radius 2 is 1.91 bits per heavy atom. The molecular weight excluding hydrogens is 313 g/mol. The summed E-state index contributed by atoms with van der Waals surface area (Å²) in [6.07, 6.45) is -5.21. The van der Waals surface area contributed by atoms with Gasteiger partial charge in [-0.3, -0.25) is 0 Å². The van der Waals surface area contributed by atoms with Crippen molar-refractivity contribution in [1.29, 1.82) is 0 Å². The molecule has 122 valence electrons. The highest BCUT2D eigenvalue weighted by molar-refractivity contribution is 5.94. The van der Waals surface area contributed by atoms with E-state index in [0.717, 1.165) is 0 Å². The van der Waals surface area contributed by atoms with Gasteiger partial charge in [-0.15, -0.1) is 0 Å². The predicted octanol–water partition coefficient (Wildman–Crippen LogP) is 3.61. The molecule has 0 fully saturated rings. The Bertz CT molecular complexity index is 702. The third-order valence-corrected chi connectivity index (χ3v) is 3.02. The molecule has 0 radical (unpaired) electrons. The second-order valence-corrected chi connectivity index (χ2v) is 4.78. The van der Waals surface area contributed by atoms with E-state index in [1.165, 1.54) is 26.0 Å². The molecule has 0 spiro atoms. The zero-order valence-corrected chi connectivity index (χ0v) is 12.3.